The minimum absolute atomic E-state index is 0.131. The van der Waals surface area contributed by atoms with Crippen LogP contribution in [0.25, 0.3) is 0 Å². The van der Waals surface area contributed by atoms with Gasteiger partial charge in [0.05, 0.1) is 11.6 Å². The van der Waals surface area contributed by atoms with Crippen LogP contribution in [0.4, 0.5) is 17.6 Å². The number of nitrogens with zero attached hydrogens (tertiary/aromatic N) is 1. The molecule has 1 aromatic carbocycles. The van der Waals surface area contributed by atoms with E-state index >= 15 is 0 Å². The van der Waals surface area contributed by atoms with Crippen molar-refractivity contribution >= 4 is 5.91 Å². The first kappa shape index (κ1) is 18.4. The van der Waals surface area contributed by atoms with Crippen molar-refractivity contribution in [3.8, 4) is 0 Å². The predicted molar refractivity (Wildman–Crippen MR) is 87.7 cm³/mol. The van der Waals surface area contributed by atoms with Crippen molar-refractivity contribution in [2.24, 2.45) is 5.92 Å². The number of amides is 1. The Bertz CT molecular complexity index is 769. The molecule has 1 heterocycles. The maximum atomic E-state index is 13.9. The molecule has 1 N–H and O–H groups in total. The molecule has 7 heteroatoms. The van der Waals surface area contributed by atoms with E-state index in [1.807, 2.05) is 0 Å². The zero-order valence-electron chi connectivity index (χ0n) is 13.9. The summed E-state index contributed by atoms with van der Waals surface area (Å²) in [6.07, 6.45) is 1.12. The molecule has 1 fully saturated rings. The van der Waals surface area contributed by atoms with Crippen LogP contribution in [0.15, 0.2) is 42.6 Å². The lowest BCUT2D eigenvalue weighted by Crippen LogP contribution is -2.37. The topological polar surface area (TPSA) is 42.0 Å². The van der Waals surface area contributed by atoms with Gasteiger partial charge in [-0.25, -0.2) is 18.2 Å². The number of rotatable bonds is 4. The van der Waals surface area contributed by atoms with Crippen molar-refractivity contribution in [1.82, 2.24) is 10.3 Å². The fourth-order valence-corrected chi connectivity index (χ4v) is 3.30. The fourth-order valence-electron chi connectivity index (χ4n) is 3.30. The molecule has 3 nitrogen and oxygen atoms in total. The van der Waals surface area contributed by atoms with Gasteiger partial charge in [0, 0.05) is 19.0 Å². The number of alkyl halides is 2. The van der Waals surface area contributed by atoms with Crippen LogP contribution in [0.2, 0.25) is 0 Å². The first-order valence-corrected chi connectivity index (χ1v) is 8.40. The summed E-state index contributed by atoms with van der Waals surface area (Å²) >= 11 is 0. The SMILES string of the molecule is O=C(NC(c1ccc(F)nc1)C1CCC(F)(F)CC1)c1ccccc1F. The van der Waals surface area contributed by atoms with Crippen LogP contribution < -0.4 is 5.32 Å². The van der Waals surface area contributed by atoms with Crippen LogP contribution in [0.5, 0.6) is 0 Å². The molecule has 26 heavy (non-hydrogen) atoms. The highest BCUT2D eigenvalue weighted by molar-refractivity contribution is 5.94. The van der Waals surface area contributed by atoms with Gasteiger partial charge in [-0.1, -0.05) is 18.2 Å². The minimum atomic E-state index is -2.71. The molecule has 0 bridgehead atoms. The largest absolute Gasteiger partial charge is 0.345 e. The van der Waals surface area contributed by atoms with Gasteiger partial charge in [0.2, 0.25) is 11.9 Å². The molecule has 1 saturated carbocycles. The van der Waals surface area contributed by atoms with Crippen molar-refractivity contribution in [1.29, 1.82) is 0 Å². The molecule has 0 saturated heterocycles. The molecular formula is C19H18F4N2O. The summed E-state index contributed by atoms with van der Waals surface area (Å²) in [5, 5.41) is 2.72. The van der Waals surface area contributed by atoms with Crippen molar-refractivity contribution in [2.75, 3.05) is 0 Å². The Morgan fingerprint density at radius 1 is 1.12 bits per heavy atom. The van der Waals surface area contributed by atoms with E-state index in [9.17, 15) is 22.4 Å². The molecule has 2 aromatic rings. The molecule has 0 spiro atoms. The van der Waals surface area contributed by atoms with E-state index in [4.69, 9.17) is 0 Å². The monoisotopic (exact) mass is 366 g/mol. The minimum Gasteiger partial charge on any atom is -0.345 e. The van der Waals surface area contributed by atoms with Gasteiger partial charge in [-0.3, -0.25) is 4.79 Å². The highest BCUT2D eigenvalue weighted by Gasteiger charge is 2.38. The van der Waals surface area contributed by atoms with Crippen LogP contribution in [0, 0.1) is 17.7 Å². The Hall–Kier alpha value is -2.44. The molecule has 3 rings (SSSR count). The van der Waals surface area contributed by atoms with E-state index in [1.54, 1.807) is 0 Å². The second-order valence-electron chi connectivity index (χ2n) is 6.54. The van der Waals surface area contributed by atoms with E-state index in [0.717, 1.165) is 6.07 Å². The number of benzene rings is 1. The molecule has 1 unspecified atom stereocenters. The Morgan fingerprint density at radius 3 is 2.42 bits per heavy atom. The summed E-state index contributed by atoms with van der Waals surface area (Å²) in [5.74, 6) is -4.97. The number of carbonyl (C=O) groups is 1. The lowest BCUT2D eigenvalue weighted by Gasteiger charge is -2.34. The van der Waals surface area contributed by atoms with Gasteiger partial charge in [-0.05, 0) is 42.5 Å². The highest BCUT2D eigenvalue weighted by atomic mass is 19.3. The molecule has 0 aliphatic heterocycles. The quantitative estimate of drug-likeness (QED) is 0.632. The fraction of sp³-hybridized carbons (Fsp3) is 0.368. The standard InChI is InChI=1S/C19H18F4N2O/c20-15-4-2-1-3-14(15)18(26)25-17(13-5-6-16(21)24-11-13)12-7-9-19(22,23)10-8-12/h1-6,11-12,17H,7-10H2,(H,25,26). The van der Waals surface area contributed by atoms with E-state index < -0.39 is 29.6 Å². The number of halogens is 4. The normalized spacial score (nSPS) is 18.3. The number of hydrogen-bond donors (Lipinski definition) is 1. The summed E-state index contributed by atoms with van der Waals surface area (Å²) in [4.78, 5) is 16.1. The average Bonchev–Trinajstić information content (AvgIpc) is 2.61. The number of hydrogen-bond acceptors (Lipinski definition) is 2. The maximum absolute atomic E-state index is 13.9. The smallest absolute Gasteiger partial charge is 0.254 e. The number of pyridine rings is 1. The van der Waals surface area contributed by atoms with Gasteiger partial charge in [0.1, 0.15) is 5.82 Å². The second-order valence-corrected chi connectivity index (χ2v) is 6.54. The van der Waals surface area contributed by atoms with Gasteiger partial charge in [0.25, 0.3) is 5.91 Å². The van der Waals surface area contributed by atoms with E-state index in [0.29, 0.717) is 5.56 Å². The van der Waals surface area contributed by atoms with Crippen molar-refractivity contribution < 1.29 is 22.4 Å². The molecule has 0 radical (unpaired) electrons. The van der Waals surface area contributed by atoms with Crippen LogP contribution in [0.3, 0.4) is 0 Å². The van der Waals surface area contributed by atoms with Gasteiger partial charge in [-0.2, -0.15) is 4.39 Å². The van der Waals surface area contributed by atoms with Crippen molar-refractivity contribution in [2.45, 2.75) is 37.6 Å². The van der Waals surface area contributed by atoms with E-state index in [2.05, 4.69) is 10.3 Å². The van der Waals surface area contributed by atoms with Crippen LogP contribution >= 0.6 is 0 Å². The Labute approximate surface area is 148 Å². The molecule has 1 atom stereocenters. The average molecular weight is 366 g/mol. The van der Waals surface area contributed by atoms with Crippen molar-refractivity contribution in [3.05, 3.63) is 65.5 Å². The molecule has 138 valence electrons. The zero-order valence-corrected chi connectivity index (χ0v) is 13.9. The lowest BCUT2D eigenvalue weighted by molar-refractivity contribution is -0.0494. The second kappa shape index (κ2) is 7.43. The first-order chi connectivity index (χ1) is 12.4. The number of carbonyl (C=O) groups excluding carboxylic acids is 1. The van der Waals surface area contributed by atoms with Crippen molar-refractivity contribution in [3.63, 3.8) is 0 Å². The third-order valence-electron chi connectivity index (χ3n) is 4.75. The van der Waals surface area contributed by atoms with Gasteiger partial charge in [0.15, 0.2) is 0 Å². The van der Waals surface area contributed by atoms with Gasteiger partial charge < -0.3 is 5.32 Å². The van der Waals surface area contributed by atoms with Gasteiger partial charge >= 0.3 is 0 Å². The third-order valence-corrected chi connectivity index (χ3v) is 4.75. The number of aromatic nitrogens is 1. The molecule has 1 aliphatic carbocycles. The zero-order chi connectivity index (χ0) is 18.7. The van der Waals surface area contributed by atoms with Crippen LogP contribution in [-0.4, -0.2) is 16.8 Å². The Morgan fingerprint density at radius 2 is 1.81 bits per heavy atom. The van der Waals surface area contributed by atoms with Crippen LogP contribution in [0.1, 0.15) is 47.6 Å². The summed E-state index contributed by atoms with van der Waals surface area (Å²) in [6, 6.07) is 7.48. The Kier molecular flexibility index (Phi) is 5.25. The van der Waals surface area contributed by atoms with Gasteiger partial charge in [-0.15, -0.1) is 0 Å². The molecular weight excluding hydrogens is 348 g/mol. The molecule has 1 amide bonds. The lowest BCUT2D eigenvalue weighted by atomic mass is 9.80. The highest BCUT2D eigenvalue weighted by Crippen LogP contribution is 2.41. The van der Waals surface area contributed by atoms with E-state index in [1.165, 1.54) is 36.5 Å². The predicted octanol–water partition coefficient (Wildman–Crippen LogP) is 4.66. The number of nitrogens with one attached hydrogen (secondary N) is 1. The molecule has 1 aromatic heterocycles. The molecule has 1 aliphatic rings. The maximum Gasteiger partial charge on any atom is 0.254 e. The summed E-state index contributed by atoms with van der Waals surface area (Å²) in [7, 11) is 0. The summed E-state index contributed by atoms with van der Waals surface area (Å²) in [5.41, 5.74) is 0.375. The van der Waals surface area contributed by atoms with E-state index in [-0.39, 0.29) is 37.2 Å². The van der Waals surface area contributed by atoms with Crippen LogP contribution in [-0.2, 0) is 0 Å². The third kappa shape index (κ3) is 4.20. The first-order valence-electron chi connectivity index (χ1n) is 8.40. The summed E-state index contributed by atoms with van der Waals surface area (Å²) in [6.45, 7) is 0. The Balaban J connectivity index is 1.85. The summed E-state index contributed by atoms with van der Waals surface area (Å²) < 4.78 is 54.0.